The van der Waals surface area contributed by atoms with Gasteiger partial charge in [-0.2, -0.15) is 15.4 Å². The number of H-pyrrole nitrogens is 1. The van der Waals surface area contributed by atoms with Crippen LogP contribution in [0.1, 0.15) is 11.3 Å². The van der Waals surface area contributed by atoms with E-state index < -0.39 is 0 Å². The highest BCUT2D eigenvalue weighted by atomic mass is 16.5. The van der Waals surface area contributed by atoms with Gasteiger partial charge < -0.3 is 15.0 Å². The van der Waals surface area contributed by atoms with E-state index in [4.69, 9.17) is 4.74 Å². The van der Waals surface area contributed by atoms with Gasteiger partial charge in [-0.1, -0.05) is 12.1 Å². The number of ether oxygens (including phenoxy) is 1. The Morgan fingerprint density at radius 3 is 2.78 bits per heavy atom. The van der Waals surface area contributed by atoms with Gasteiger partial charge in [0.15, 0.2) is 0 Å². The monoisotopic (exact) mass is 313 g/mol. The van der Waals surface area contributed by atoms with E-state index in [0.29, 0.717) is 12.2 Å². The molecule has 0 aliphatic carbocycles. The third-order valence-electron chi connectivity index (χ3n) is 3.61. The second-order valence-electron chi connectivity index (χ2n) is 5.20. The number of anilines is 1. The van der Waals surface area contributed by atoms with Gasteiger partial charge in [-0.05, 0) is 23.8 Å². The highest BCUT2D eigenvalue weighted by Crippen LogP contribution is 2.17. The van der Waals surface area contributed by atoms with Crippen molar-refractivity contribution >= 4 is 17.7 Å². The van der Waals surface area contributed by atoms with Crippen molar-refractivity contribution in [2.75, 3.05) is 31.2 Å². The summed E-state index contributed by atoms with van der Waals surface area (Å²) in [7, 11) is 0. The van der Waals surface area contributed by atoms with E-state index in [9.17, 15) is 4.79 Å². The molecule has 0 spiro atoms. The number of nitrogens with zero attached hydrogens (tertiary/aromatic N) is 3. The van der Waals surface area contributed by atoms with Crippen LogP contribution < -0.4 is 10.2 Å². The van der Waals surface area contributed by atoms with Crippen molar-refractivity contribution < 1.29 is 9.53 Å². The second-order valence-corrected chi connectivity index (χ2v) is 5.20. The third kappa shape index (κ3) is 4.40. The third-order valence-corrected chi connectivity index (χ3v) is 3.61. The average molecular weight is 313 g/mol. The molecule has 2 N–H and O–H groups in total. The Balaban J connectivity index is 1.51. The summed E-state index contributed by atoms with van der Waals surface area (Å²) in [6.07, 6.45) is 4.89. The molecule has 23 heavy (non-hydrogen) atoms. The van der Waals surface area contributed by atoms with Crippen molar-refractivity contribution in [3.8, 4) is 0 Å². The summed E-state index contributed by atoms with van der Waals surface area (Å²) < 4.78 is 5.35. The molecule has 1 aliphatic heterocycles. The van der Waals surface area contributed by atoms with Crippen molar-refractivity contribution in [3.05, 3.63) is 47.8 Å². The summed E-state index contributed by atoms with van der Waals surface area (Å²) in [5.74, 6) is -0.162. The van der Waals surface area contributed by atoms with Crippen LogP contribution in [0, 0.1) is 0 Å². The van der Waals surface area contributed by atoms with Gasteiger partial charge in [0.2, 0.25) is 5.91 Å². The lowest BCUT2D eigenvalue weighted by Crippen LogP contribution is -2.36. The minimum absolute atomic E-state index is 0.162. The highest BCUT2D eigenvalue weighted by Gasteiger charge is 2.10. The van der Waals surface area contributed by atoms with Crippen LogP contribution in [-0.4, -0.2) is 47.6 Å². The van der Waals surface area contributed by atoms with Crippen molar-refractivity contribution in [3.63, 3.8) is 0 Å². The number of aromatic amines is 1. The van der Waals surface area contributed by atoms with Crippen LogP contribution in [0.25, 0.3) is 6.08 Å². The molecule has 7 nitrogen and oxygen atoms in total. The van der Waals surface area contributed by atoms with Gasteiger partial charge in [0, 0.05) is 24.9 Å². The molecule has 2 heterocycles. The molecule has 7 heteroatoms. The van der Waals surface area contributed by atoms with Gasteiger partial charge >= 0.3 is 0 Å². The van der Waals surface area contributed by atoms with Gasteiger partial charge in [-0.15, -0.1) is 0 Å². The van der Waals surface area contributed by atoms with Gasteiger partial charge in [-0.25, -0.2) is 0 Å². The normalized spacial score (nSPS) is 15.0. The standard InChI is InChI=1S/C16H19N5O2/c22-16(17-11-14-12-18-20-19-14)6-3-13-1-4-15(5-2-13)21-7-9-23-10-8-21/h1-6,12H,7-11H2,(H,17,22)(H,18,19,20). The van der Waals surface area contributed by atoms with E-state index >= 15 is 0 Å². The molecule has 1 saturated heterocycles. The number of morpholine rings is 1. The van der Waals surface area contributed by atoms with Gasteiger partial charge in [0.05, 0.1) is 26.0 Å². The fourth-order valence-electron chi connectivity index (χ4n) is 2.34. The zero-order valence-electron chi connectivity index (χ0n) is 12.7. The summed E-state index contributed by atoms with van der Waals surface area (Å²) in [6.45, 7) is 3.73. The van der Waals surface area contributed by atoms with Crippen LogP contribution in [0.4, 0.5) is 5.69 Å². The molecule has 0 bridgehead atoms. The van der Waals surface area contributed by atoms with E-state index in [1.165, 1.54) is 11.8 Å². The first-order chi connectivity index (χ1) is 11.3. The summed E-state index contributed by atoms with van der Waals surface area (Å²) in [6, 6.07) is 8.15. The minimum atomic E-state index is -0.162. The van der Waals surface area contributed by atoms with E-state index in [2.05, 4.69) is 37.8 Å². The second kappa shape index (κ2) is 7.55. The number of hydrogen-bond acceptors (Lipinski definition) is 5. The van der Waals surface area contributed by atoms with Crippen LogP contribution in [0.15, 0.2) is 36.5 Å². The summed E-state index contributed by atoms with van der Waals surface area (Å²) in [5.41, 5.74) is 2.86. The zero-order chi connectivity index (χ0) is 15.9. The first-order valence-electron chi connectivity index (χ1n) is 7.54. The van der Waals surface area contributed by atoms with Crippen LogP contribution in [-0.2, 0) is 16.1 Å². The molecule has 0 radical (unpaired) electrons. The maximum absolute atomic E-state index is 11.7. The molecular weight excluding hydrogens is 294 g/mol. The number of rotatable bonds is 5. The number of hydrogen-bond donors (Lipinski definition) is 2. The minimum Gasteiger partial charge on any atom is -0.378 e. The number of nitrogens with one attached hydrogen (secondary N) is 2. The Morgan fingerprint density at radius 1 is 1.30 bits per heavy atom. The quantitative estimate of drug-likeness (QED) is 0.804. The Labute approximate surface area is 134 Å². The maximum atomic E-state index is 11.7. The van der Waals surface area contributed by atoms with Crippen LogP contribution in [0.3, 0.4) is 0 Å². The van der Waals surface area contributed by atoms with E-state index in [1.54, 1.807) is 12.3 Å². The lowest BCUT2D eigenvalue weighted by atomic mass is 10.1. The van der Waals surface area contributed by atoms with Crippen molar-refractivity contribution in [2.24, 2.45) is 0 Å². The maximum Gasteiger partial charge on any atom is 0.244 e. The van der Waals surface area contributed by atoms with Crippen LogP contribution in [0.5, 0.6) is 0 Å². The number of benzene rings is 1. The Bertz CT molecular complexity index is 646. The topological polar surface area (TPSA) is 83.1 Å². The highest BCUT2D eigenvalue weighted by molar-refractivity contribution is 5.91. The molecule has 0 unspecified atom stereocenters. The molecule has 1 aromatic heterocycles. The Kier molecular flexibility index (Phi) is 5.00. The summed E-state index contributed by atoms with van der Waals surface area (Å²) in [4.78, 5) is 14.0. The average Bonchev–Trinajstić information content (AvgIpc) is 3.13. The van der Waals surface area contributed by atoms with Gasteiger partial charge in [0.25, 0.3) is 0 Å². The molecular formula is C16H19N5O2. The molecule has 1 aliphatic rings. The number of aromatic nitrogens is 3. The predicted octanol–water partition coefficient (Wildman–Crippen LogP) is 0.971. The first kappa shape index (κ1) is 15.2. The summed E-state index contributed by atoms with van der Waals surface area (Å²) in [5, 5.41) is 12.8. The first-order valence-corrected chi connectivity index (χ1v) is 7.54. The van der Waals surface area contributed by atoms with Crippen LogP contribution >= 0.6 is 0 Å². The van der Waals surface area contributed by atoms with Gasteiger partial charge in [0.1, 0.15) is 5.69 Å². The van der Waals surface area contributed by atoms with Crippen molar-refractivity contribution in [2.45, 2.75) is 6.54 Å². The lowest BCUT2D eigenvalue weighted by molar-refractivity contribution is -0.116. The fourth-order valence-corrected chi connectivity index (χ4v) is 2.34. The number of carbonyl (C=O) groups excluding carboxylic acids is 1. The molecule has 1 aromatic carbocycles. The predicted molar refractivity (Wildman–Crippen MR) is 86.7 cm³/mol. The molecule has 3 rings (SSSR count). The largest absolute Gasteiger partial charge is 0.378 e. The van der Waals surface area contributed by atoms with E-state index in [-0.39, 0.29) is 5.91 Å². The lowest BCUT2D eigenvalue weighted by Gasteiger charge is -2.28. The molecule has 2 aromatic rings. The molecule has 120 valence electrons. The smallest absolute Gasteiger partial charge is 0.244 e. The zero-order valence-corrected chi connectivity index (χ0v) is 12.7. The SMILES string of the molecule is O=C(C=Cc1ccc(N2CCOCC2)cc1)NCc1cn[nH]n1. The fraction of sp³-hybridized carbons (Fsp3) is 0.312. The molecule has 0 atom stereocenters. The molecule has 1 amide bonds. The number of amides is 1. The van der Waals surface area contributed by atoms with Crippen molar-refractivity contribution in [1.29, 1.82) is 0 Å². The van der Waals surface area contributed by atoms with E-state index in [0.717, 1.165) is 31.9 Å². The van der Waals surface area contributed by atoms with Crippen LogP contribution in [0.2, 0.25) is 0 Å². The summed E-state index contributed by atoms with van der Waals surface area (Å²) >= 11 is 0. The van der Waals surface area contributed by atoms with Gasteiger partial charge in [-0.3, -0.25) is 4.79 Å². The Morgan fingerprint density at radius 2 is 2.09 bits per heavy atom. The number of carbonyl (C=O) groups is 1. The molecule has 0 saturated carbocycles. The van der Waals surface area contributed by atoms with Crippen molar-refractivity contribution in [1.82, 2.24) is 20.7 Å². The molecule has 1 fully saturated rings. The van der Waals surface area contributed by atoms with E-state index in [1.807, 2.05) is 12.1 Å². The Hall–Kier alpha value is -2.67.